The Hall–Kier alpha value is -1.85. The number of halogens is 1. The van der Waals surface area contributed by atoms with Gasteiger partial charge in [-0.2, -0.15) is 0 Å². The quantitative estimate of drug-likeness (QED) is 0.919. The van der Waals surface area contributed by atoms with Gasteiger partial charge in [0.1, 0.15) is 4.88 Å². The highest BCUT2D eigenvalue weighted by molar-refractivity contribution is 7.13. The normalized spacial score (nSPS) is 13.3. The second-order valence-electron chi connectivity index (χ2n) is 4.92. The number of nitrogens with zero attached hydrogens (tertiary/aromatic N) is 1. The van der Waals surface area contributed by atoms with Crippen LogP contribution in [0.2, 0.25) is 5.02 Å². The largest absolute Gasteiger partial charge is 0.478 e. The number of thiophene rings is 1. The van der Waals surface area contributed by atoms with Gasteiger partial charge in [0.2, 0.25) is 0 Å². The van der Waals surface area contributed by atoms with E-state index in [1.807, 2.05) is 12.3 Å². The maximum absolute atomic E-state index is 12.6. The van der Waals surface area contributed by atoms with Crippen LogP contribution in [0.25, 0.3) is 0 Å². The number of benzene rings is 1. The lowest BCUT2D eigenvalue weighted by Gasteiger charge is -2.16. The van der Waals surface area contributed by atoms with Crippen molar-refractivity contribution in [3.8, 4) is 0 Å². The van der Waals surface area contributed by atoms with Crippen molar-refractivity contribution < 1.29 is 14.7 Å². The average molecular weight is 322 g/mol. The molecule has 0 unspecified atom stereocenters. The molecule has 0 spiro atoms. The molecule has 4 nitrogen and oxygen atoms in total. The third kappa shape index (κ3) is 2.32. The Morgan fingerprint density at radius 2 is 2.14 bits per heavy atom. The Labute approximate surface area is 130 Å². The van der Waals surface area contributed by atoms with E-state index in [1.165, 1.54) is 17.4 Å². The van der Waals surface area contributed by atoms with Crippen LogP contribution < -0.4 is 4.90 Å². The van der Waals surface area contributed by atoms with Crippen LogP contribution in [0.1, 0.15) is 31.2 Å². The van der Waals surface area contributed by atoms with Crippen LogP contribution in [-0.4, -0.2) is 23.5 Å². The van der Waals surface area contributed by atoms with E-state index in [4.69, 9.17) is 16.7 Å². The van der Waals surface area contributed by atoms with E-state index in [1.54, 1.807) is 17.0 Å². The molecular formula is C15H12ClNO3S. The number of carboxylic acids is 1. The van der Waals surface area contributed by atoms with Gasteiger partial charge in [0, 0.05) is 12.2 Å². The molecule has 0 saturated heterocycles. The van der Waals surface area contributed by atoms with E-state index in [0.717, 1.165) is 16.8 Å². The van der Waals surface area contributed by atoms with Gasteiger partial charge in [-0.15, -0.1) is 11.3 Å². The van der Waals surface area contributed by atoms with Gasteiger partial charge in [0.05, 0.1) is 10.6 Å². The lowest BCUT2D eigenvalue weighted by Crippen LogP contribution is -2.28. The number of carbonyl (C=O) groups is 2. The first kappa shape index (κ1) is 14.1. The maximum Gasteiger partial charge on any atom is 0.335 e. The summed E-state index contributed by atoms with van der Waals surface area (Å²) in [5.74, 6) is -1.08. The van der Waals surface area contributed by atoms with Crippen molar-refractivity contribution in [3.05, 3.63) is 50.2 Å². The molecular weight excluding hydrogens is 310 g/mol. The van der Waals surface area contributed by atoms with Gasteiger partial charge in [0.15, 0.2) is 0 Å². The molecule has 6 heteroatoms. The van der Waals surface area contributed by atoms with E-state index in [-0.39, 0.29) is 11.5 Å². The highest BCUT2D eigenvalue weighted by Gasteiger charge is 2.28. The van der Waals surface area contributed by atoms with Crippen LogP contribution in [0, 0.1) is 6.92 Å². The van der Waals surface area contributed by atoms with Crippen molar-refractivity contribution in [2.24, 2.45) is 0 Å². The third-order valence-electron chi connectivity index (χ3n) is 3.56. The van der Waals surface area contributed by atoms with E-state index >= 15 is 0 Å². The Balaban J connectivity index is 1.96. The second kappa shape index (κ2) is 5.16. The average Bonchev–Trinajstić information content (AvgIpc) is 3.02. The summed E-state index contributed by atoms with van der Waals surface area (Å²) in [5.41, 5.74) is 2.79. The van der Waals surface area contributed by atoms with Crippen molar-refractivity contribution >= 4 is 40.5 Å². The van der Waals surface area contributed by atoms with Gasteiger partial charge in [0.25, 0.3) is 5.91 Å². The summed E-state index contributed by atoms with van der Waals surface area (Å²) in [7, 11) is 0. The molecule has 1 aromatic heterocycles. The predicted molar refractivity (Wildman–Crippen MR) is 82.8 cm³/mol. The highest BCUT2D eigenvalue weighted by Crippen LogP contribution is 2.34. The molecule has 1 aliphatic rings. The second-order valence-corrected chi connectivity index (χ2v) is 6.17. The first-order valence-electron chi connectivity index (χ1n) is 6.40. The molecule has 0 aliphatic carbocycles. The summed E-state index contributed by atoms with van der Waals surface area (Å²) < 4.78 is 0. The molecule has 1 aliphatic heterocycles. The Morgan fingerprint density at radius 1 is 1.38 bits per heavy atom. The number of aryl methyl sites for hydroxylation is 1. The zero-order chi connectivity index (χ0) is 15.1. The van der Waals surface area contributed by atoms with Gasteiger partial charge in [-0.05, 0) is 48.1 Å². The van der Waals surface area contributed by atoms with E-state index < -0.39 is 5.97 Å². The topological polar surface area (TPSA) is 57.6 Å². The smallest absolute Gasteiger partial charge is 0.335 e. The van der Waals surface area contributed by atoms with Crippen molar-refractivity contribution in [2.45, 2.75) is 13.3 Å². The van der Waals surface area contributed by atoms with Gasteiger partial charge >= 0.3 is 5.97 Å². The Morgan fingerprint density at radius 3 is 2.76 bits per heavy atom. The number of amides is 1. The van der Waals surface area contributed by atoms with E-state index in [0.29, 0.717) is 22.9 Å². The Kier molecular flexibility index (Phi) is 3.47. The number of hydrogen-bond acceptors (Lipinski definition) is 3. The molecule has 0 atom stereocenters. The maximum atomic E-state index is 12.6. The Bertz CT molecular complexity index is 753. The molecule has 1 amide bonds. The zero-order valence-corrected chi connectivity index (χ0v) is 12.8. The van der Waals surface area contributed by atoms with Crippen LogP contribution in [0.15, 0.2) is 23.6 Å². The number of rotatable bonds is 2. The monoisotopic (exact) mass is 321 g/mol. The molecule has 1 N–H and O–H groups in total. The molecule has 108 valence electrons. The van der Waals surface area contributed by atoms with Crippen LogP contribution in [0.4, 0.5) is 5.69 Å². The van der Waals surface area contributed by atoms with Crippen LogP contribution in [0.5, 0.6) is 0 Å². The molecule has 3 rings (SSSR count). The van der Waals surface area contributed by atoms with Crippen LogP contribution in [0.3, 0.4) is 0 Å². The number of anilines is 1. The summed E-state index contributed by atoms with van der Waals surface area (Å²) in [5, 5.41) is 11.4. The lowest BCUT2D eigenvalue weighted by molar-refractivity contribution is 0.0696. The number of aromatic carboxylic acids is 1. The number of fused-ring (bicyclic) bond motifs is 1. The molecule has 0 radical (unpaired) electrons. The summed E-state index contributed by atoms with van der Waals surface area (Å²) in [6.45, 7) is 2.41. The van der Waals surface area contributed by atoms with Gasteiger partial charge < -0.3 is 10.0 Å². The zero-order valence-electron chi connectivity index (χ0n) is 11.2. The first-order valence-corrected chi connectivity index (χ1v) is 7.66. The van der Waals surface area contributed by atoms with Crippen molar-refractivity contribution in [1.82, 2.24) is 0 Å². The van der Waals surface area contributed by atoms with E-state index in [9.17, 15) is 9.59 Å². The van der Waals surface area contributed by atoms with Crippen LogP contribution >= 0.6 is 22.9 Å². The first-order chi connectivity index (χ1) is 9.99. The third-order valence-corrected chi connectivity index (χ3v) is 5.25. The molecule has 2 heterocycles. The molecule has 2 aromatic rings. The molecule has 0 bridgehead atoms. The lowest BCUT2D eigenvalue weighted by atomic mass is 10.1. The fourth-order valence-corrected chi connectivity index (χ4v) is 3.66. The highest BCUT2D eigenvalue weighted by atomic mass is 35.5. The summed E-state index contributed by atoms with van der Waals surface area (Å²) in [6.07, 6.45) is 0.657. The summed E-state index contributed by atoms with van der Waals surface area (Å²) >= 11 is 7.50. The minimum Gasteiger partial charge on any atom is -0.478 e. The van der Waals surface area contributed by atoms with Gasteiger partial charge in [-0.3, -0.25) is 4.79 Å². The van der Waals surface area contributed by atoms with E-state index in [2.05, 4.69) is 0 Å². The standard InChI is InChI=1S/C15H12ClNO3S/c1-8-7-21-13(12(8)16)14(18)17-5-4-9-6-10(15(19)20)2-3-11(9)17/h2-3,6-7H,4-5H2,1H3,(H,19,20). The fraction of sp³-hybridized carbons (Fsp3) is 0.200. The SMILES string of the molecule is Cc1csc(C(=O)N2CCc3cc(C(=O)O)ccc32)c1Cl. The predicted octanol–water partition coefficient (Wildman–Crippen LogP) is 3.61. The number of carbonyl (C=O) groups excluding carboxylic acids is 1. The van der Waals surface area contributed by atoms with Gasteiger partial charge in [-0.25, -0.2) is 4.79 Å². The van der Waals surface area contributed by atoms with Crippen molar-refractivity contribution in [3.63, 3.8) is 0 Å². The van der Waals surface area contributed by atoms with Crippen molar-refractivity contribution in [1.29, 1.82) is 0 Å². The summed E-state index contributed by atoms with van der Waals surface area (Å²) in [4.78, 5) is 25.8. The number of hydrogen-bond donors (Lipinski definition) is 1. The van der Waals surface area contributed by atoms with Crippen molar-refractivity contribution in [2.75, 3.05) is 11.4 Å². The summed E-state index contributed by atoms with van der Waals surface area (Å²) in [6, 6.07) is 4.85. The molecule has 1 aromatic carbocycles. The van der Waals surface area contributed by atoms with Crippen LogP contribution in [-0.2, 0) is 6.42 Å². The number of carboxylic acid groups (broad SMARTS) is 1. The molecule has 21 heavy (non-hydrogen) atoms. The molecule has 0 fully saturated rings. The van der Waals surface area contributed by atoms with Gasteiger partial charge in [-0.1, -0.05) is 11.6 Å². The minimum absolute atomic E-state index is 0.125. The molecule has 0 saturated carbocycles. The minimum atomic E-state index is -0.959. The fourth-order valence-electron chi connectivity index (χ4n) is 2.44.